The van der Waals surface area contributed by atoms with Crippen LogP contribution in [0.1, 0.15) is 12.8 Å². The molecule has 0 heterocycles. The first kappa shape index (κ1) is 8.74. The Labute approximate surface area is 55.7 Å². The van der Waals surface area contributed by atoms with Crippen LogP contribution < -0.4 is 0 Å². The van der Waals surface area contributed by atoms with E-state index in [-0.39, 0.29) is 6.61 Å². The molecule has 4 nitrogen and oxygen atoms in total. The minimum Gasteiger partial charge on any atom is -0.750 e. The summed E-state index contributed by atoms with van der Waals surface area (Å²) in [7, 11) is 0. The van der Waals surface area contributed by atoms with Crippen LogP contribution in [0, 0.1) is 0 Å². The summed E-state index contributed by atoms with van der Waals surface area (Å²) in [4.78, 5) is 9.64. The maximum Gasteiger partial charge on any atom is 0.120 e. The number of unbranched alkanes of at least 4 members (excludes halogenated alkanes) is 1. The molecule has 1 atom stereocenters. The molecule has 0 spiro atoms. The Balaban J connectivity index is 2.91. The van der Waals surface area contributed by atoms with Gasteiger partial charge in [0, 0.05) is 6.42 Å². The summed E-state index contributed by atoms with van der Waals surface area (Å²) in [6, 6.07) is 0. The van der Waals surface area contributed by atoms with Crippen LogP contribution >= 0.6 is 0 Å². The van der Waals surface area contributed by atoms with Crippen molar-refractivity contribution in [3.8, 4) is 0 Å². The highest BCUT2D eigenvalue weighted by Gasteiger charge is 1.85. The van der Waals surface area contributed by atoms with Crippen molar-refractivity contribution in [1.82, 2.24) is 0 Å². The quantitative estimate of drug-likeness (QED) is 0.309. The van der Waals surface area contributed by atoms with Gasteiger partial charge in [0.15, 0.2) is 0 Å². The summed E-state index contributed by atoms with van der Waals surface area (Å²) in [5.41, 5.74) is 0. The lowest BCUT2D eigenvalue weighted by Crippen LogP contribution is -1.97. The van der Waals surface area contributed by atoms with E-state index in [1.807, 2.05) is 0 Å². The molecule has 0 radical (unpaired) electrons. The molecule has 0 rings (SSSR count). The second-order valence-corrected chi connectivity index (χ2v) is 1.98. The van der Waals surface area contributed by atoms with E-state index in [0.29, 0.717) is 12.8 Å². The van der Waals surface area contributed by atoms with Gasteiger partial charge in [0.25, 0.3) is 0 Å². The number of aldehydes is 1. The van der Waals surface area contributed by atoms with E-state index in [0.717, 1.165) is 6.29 Å². The van der Waals surface area contributed by atoms with Crippen LogP contribution in [0.25, 0.3) is 0 Å². The van der Waals surface area contributed by atoms with E-state index in [1.54, 1.807) is 0 Å². The lowest BCUT2D eigenvalue weighted by molar-refractivity contribution is -0.108. The average molecular weight is 151 g/mol. The normalized spacial score (nSPS) is 13.0. The van der Waals surface area contributed by atoms with Crippen LogP contribution in [0.4, 0.5) is 0 Å². The number of rotatable bonds is 5. The molecule has 0 aliphatic rings. The lowest BCUT2D eigenvalue weighted by Gasteiger charge is -2.02. The van der Waals surface area contributed by atoms with Gasteiger partial charge < -0.3 is 13.5 Å². The maximum absolute atomic E-state index is 9.65. The van der Waals surface area contributed by atoms with Gasteiger partial charge in [-0.05, 0) is 6.42 Å². The second kappa shape index (κ2) is 5.87. The van der Waals surface area contributed by atoms with E-state index in [1.165, 1.54) is 0 Å². The van der Waals surface area contributed by atoms with E-state index < -0.39 is 11.4 Å². The smallest absolute Gasteiger partial charge is 0.120 e. The second-order valence-electron chi connectivity index (χ2n) is 1.33. The molecule has 0 aromatic rings. The zero-order valence-electron chi connectivity index (χ0n) is 4.74. The van der Waals surface area contributed by atoms with Crippen molar-refractivity contribution in [2.45, 2.75) is 12.8 Å². The zero-order chi connectivity index (χ0) is 7.11. The molecular weight excluding hydrogens is 144 g/mol. The number of carbonyl (C=O) groups is 1. The molecule has 0 bridgehead atoms. The van der Waals surface area contributed by atoms with Crippen LogP contribution in [0.15, 0.2) is 0 Å². The highest BCUT2D eigenvalue weighted by atomic mass is 32.2. The van der Waals surface area contributed by atoms with E-state index in [2.05, 4.69) is 4.18 Å². The molecule has 0 saturated heterocycles. The van der Waals surface area contributed by atoms with Crippen molar-refractivity contribution in [1.29, 1.82) is 0 Å². The zero-order valence-corrected chi connectivity index (χ0v) is 5.56. The third-order valence-electron chi connectivity index (χ3n) is 0.646. The SMILES string of the molecule is O=CCCCOS(=O)[O-]. The molecule has 0 aliphatic carbocycles. The third-order valence-corrected chi connectivity index (χ3v) is 1.00. The Bertz CT molecular complexity index is 103. The molecule has 0 amide bonds. The van der Waals surface area contributed by atoms with Crippen molar-refractivity contribution in [3.63, 3.8) is 0 Å². The fourth-order valence-electron chi connectivity index (χ4n) is 0.294. The summed E-state index contributed by atoms with van der Waals surface area (Å²) < 4.78 is 23.4. The van der Waals surface area contributed by atoms with Gasteiger partial charge in [-0.25, -0.2) is 4.21 Å². The van der Waals surface area contributed by atoms with Gasteiger partial charge in [0.2, 0.25) is 0 Å². The van der Waals surface area contributed by atoms with Crippen molar-refractivity contribution in [2.24, 2.45) is 0 Å². The van der Waals surface area contributed by atoms with E-state index in [4.69, 9.17) is 0 Å². The third kappa shape index (κ3) is 7.74. The Kier molecular flexibility index (Phi) is 5.70. The highest BCUT2D eigenvalue weighted by Crippen LogP contribution is 1.87. The molecule has 0 N–H and O–H groups in total. The van der Waals surface area contributed by atoms with Crippen LogP contribution in [-0.4, -0.2) is 21.7 Å². The van der Waals surface area contributed by atoms with E-state index in [9.17, 15) is 13.6 Å². The minimum absolute atomic E-state index is 0.0921. The molecule has 0 saturated carbocycles. The van der Waals surface area contributed by atoms with Gasteiger partial charge >= 0.3 is 0 Å². The van der Waals surface area contributed by atoms with Gasteiger partial charge in [0.05, 0.1) is 18.0 Å². The van der Waals surface area contributed by atoms with Crippen molar-refractivity contribution < 1.29 is 17.7 Å². The monoisotopic (exact) mass is 151 g/mol. The number of hydrogen-bond donors (Lipinski definition) is 0. The van der Waals surface area contributed by atoms with Crippen molar-refractivity contribution in [2.75, 3.05) is 6.61 Å². The molecule has 0 fully saturated rings. The Morgan fingerprint density at radius 1 is 1.67 bits per heavy atom. The predicted molar refractivity (Wildman–Crippen MR) is 30.2 cm³/mol. The predicted octanol–water partition coefficient (Wildman–Crippen LogP) is -0.224. The molecule has 1 unspecified atom stereocenters. The van der Waals surface area contributed by atoms with Gasteiger partial charge in [0.1, 0.15) is 6.29 Å². The first-order valence-electron chi connectivity index (χ1n) is 2.43. The molecule has 0 aliphatic heterocycles. The van der Waals surface area contributed by atoms with Crippen molar-refractivity contribution >= 4 is 17.6 Å². The fraction of sp³-hybridized carbons (Fsp3) is 0.750. The molecule has 5 heteroatoms. The summed E-state index contributed by atoms with van der Waals surface area (Å²) in [6.07, 6.45) is 1.52. The topological polar surface area (TPSA) is 66.4 Å². The van der Waals surface area contributed by atoms with Gasteiger partial charge in [-0.3, -0.25) is 0 Å². The summed E-state index contributed by atoms with van der Waals surface area (Å²) in [5.74, 6) is 0. The summed E-state index contributed by atoms with van der Waals surface area (Å²) in [5, 5.41) is 0. The molecular formula is C4H7O4S-. The molecule has 9 heavy (non-hydrogen) atoms. The Morgan fingerprint density at radius 3 is 2.78 bits per heavy atom. The maximum atomic E-state index is 9.65. The molecule has 0 aromatic carbocycles. The lowest BCUT2D eigenvalue weighted by atomic mass is 10.4. The standard InChI is InChI=1S/C4H8O4S/c5-3-1-2-4-8-9(6)7/h3H,1-2,4H2,(H,6,7)/p-1. The highest BCUT2D eigenvalue weighted by molar-refractivity contribution is 7.74. The van der Waals surface area contributed by atoms with Crippen molar-refractivity contribution in [3.05, 3.63) is 0 Å². The minimum atomic E-state index is -2.43. The van der Waals surface area contributed by atoms with Gasteiger partial charge in [-0.15, -0.1) is 0 Å². The van der Waals surface area contributed by atoms with Gasteiger partial charge in [-0.1, -0.05) is 0 Å². The van der Waals surface area contributed by atoms with Crippen LogP contribution in [0.5, 0.6) is 0 Å². The Hall–Kier alpha value is -0.260. The molecule has 54 valence electrons. The number of hydrogen-bond acceptors (Lipinski definition) is 4. The van der Waals surface area contributed by atoms with Crippen LogP contribution in [0.2, 0.25) is 0 Å². The first-order valence-corrected chi connectivity index (χ1v) is 3.43. The summed E-state index contributed by atoms with van der Waals surface area (Å²) in [6.45, 7) is 0.0921. The average Bonchev–Trinajstić information content (AvgIpc) is 1.80. The summed E-state index contributed by atoms with van der Waals surface area (Å²) >= 11 is -2.43. The Morgan fingerprint density at radius 2 is 2.33 bits per heavy atom. The first-order chi connectivity index (χ1) is 4.27. The fourth-order valence-corrected chi connectivity index (χ4v) is 0.548. The van der Waals surface area contributed by atoms with Gasteiger partial charge in [-0.2, -0.15) is 0 Å². The van der Waals surface area contributed by atoms with Crippen LogP contribution in [0.3, 0.4) is 0 Å². The largest absolute Gasteiger partial charge is 0.750 e. The number of carbonyl (C=O) groups excluding carboxylic acids is 1. The molecule has 0 aromatic heterocycles. The van der Waals surface area contributed by atoms with Crippen LogP contribution in [-0.2, 0) is 20.3 Å². The van der Waals surface area contributed by atoms with E-state index >= 15 is 0 Å².